The van der Waals surface area contributed by atoms with Crippen molar-refractivity contribution in [3.8, 4) is 0 Å². The molecule has 1 saturated heterocycles. The first-order chi connectivity index (χ1) is 11.5. The number of aromatic nitrogens is 2. The molecule has 1 aliphatic heterocycles. The number of halogens is 1. The average Bonchev–Trinajstić information content (AvgIpc) is 3.17. The molecule has 1 fully saturated rings. The molecule has 25 heavy (non-hydrogen) atoms. The maximum atomic E-state index is 12.3. The van der Waals surface area contributed by atoms with Gasteiger partial charge in [-0.2, -0.15) is 4.98 Å². The van der Waals surface area contributed by atoms with Gasteiger partial charge in [-0.1, -0.05) is 35.0 Å². The number of likely N-dealkylation sites (tertiary alicyclic amines) is 1. The highest BCUT2D eigenvalue weighted by Crippen LogP contribution is 2.28. The van der Waals surface area contributed by atoms with E-state index in [0.717, 1.165) is 5.56 Å². The zero-order valence-corrected chi connectivity index (χ0v) is 15.7. The SMILES string of the molecule is CNC(C)Cc1noc(C2CC(=O)N(Cc3ccc(C)cc3)C2)n1.Cl. The van der Waals surface area contributed by atoms with Crippen molar-refractivity contribution >= 4 is 18.3 Å². The third kappa shape index (κ3) is 4.80. The number of aryl methyl sites for hydroxylation is 1. The van der Waals surface area contributed by atoms with Crippen LogP contribution in [-0.2, 0) is 17.8 Å². The number of rotatable bonds is 6. The summed E-state index contributed by atoms with van der Waals surface area (Å²) in [5.74, 6) is 1.40. The second-order valence-electron chi connectivity index (χ2n) is 6.60. The minimum absolute atomic E-state index is 0. The molecule has 0 bridgehead atoms. The van der Waals surface area contributed by atoms with Crippen molar-refractivity contribution in [2.24, 2.45) is 0 Å². The Hall–Kier alpha value is -1.92. The van der Waals surface area contributed by atoms with Crippen LogP contribution in [0.2, 0.25) is 0 Å². The van der Waals surface area contributed by atoms with E-state index >= 15 is 0 Å². The Morgan fingerprint density at radius 1 is 1.36 bits per heavy atom. The Labute approximate surface area is 154 Å². The van der Waals surface area contributed by atoms with E-state index in [1.165, 1.54) is 5.56 Å². The van der Waals surface area contributed by atoms with Crippen LogP contribution in [0.3, 0.4) is 0 Å². The van der Waals surface area contributed by atoms with Crippen molar-refractivity contribution in [3.05, 3.63) is 47.1 Å². The smallest absolute Gasteiger partial charge is 0.232 e. The molecular weight excluding hydrogens is 340 g/mol. The number of amides is 1. The number of hydrogen-bond acceptors (Lipinski definition) is 5. The minimum Gasteiger partial charge on any atom is -0.339 e. The van der Waals surface area contributed by atoms with Crippen LogP contribution in [0.15, 0.2) is 28.8 Å². The summed E-state index contributed by atoms with van der Waals surface area (Å²) in [5.41, 5.74) is 2.36. The van der Waals surface area contributed by atoms with Gasteiger partial charge in [-0.15, -0.1) is 12.4 Å². The van der Waals surface area contributed by atoms with Crippen LogP contribution in [0.4, 0.5) is 0 Å². The lowest BCUT2D eigenvalue weighted by molar-refractivity contribution is -0.128. The summed E-state index contributed by atoms with van der Waals surface area (Å²) in [6.07, 6.45) is 1.16. The maximum Gasteiger partial charge on any atom is 0.232 e. The lowest BCUT2D eigenvalue weighted by Crippen LogP contribution is -2.24. The second-order valence-corrected chi connectivity index (χ2v) is 6.60. The van der Waals surface area contributed by atoms with Gasteiger partial charge in [0.1, 0.15) is 0 Å². The molecule has 2 unspecified atom stereocenters. The Morgan fingerprint density at radius 2 is 2.08 bits per heavy atom. The van der Waals surface area contributed by atoms with E-state index < -0.39 is 0 Å². The Kier molecular flexibility index (Phi) is 6.56. The van der Waals surface area contributed by atoms with Gasteiger partial charge < -0.3 is 14.7 Å². The third-order valence-corrected chi connectivity index (χ3v) is 4.52. The van der Waals surface area contributed by atoms with Crippen LogP contribution in [-0.4, -0.2) is 40.6 Å². The summed E-state index contributed by atoms with van der Waals surface area (Å²) >= 11 is 0. The van der Waals surface area contributed by atoms with Gasteiger partial charge in [0.25, 0.3) is 0 Å². The molecule has 7 heteroatoms. The van der Waals surface area contributed by atoms with Gasteiger partial charge >= 0.3 is 0 Å². The highest BCUT2D eigenvalue weighted by atomic mass is 35.5. The monoisotopic (exact) mass is 364 g/mol. The molecule has 0 aliphatic carbocycles. The lowest BCUT2D eigenvalue weighted by Gasteiger charge is -2.16. The van der Waals surface area contributed by atoms with Gasteiger partial charge in [0.05, 0.1) is 5.92 Å². The number of carbonyl (C=O) groups excluding carboxylic acids is 1. The van der Waals surface area contributed by atoms with Crippen molar-refractivity contribution in [1.82, 2.24) is 20.4 Å². The van der Waals surface area contributed by atoms with Gasteiger partial charge in [-0.3, -0.25) is 4.79 Å². The standard InChI is InChI=1S/C18H24N4O2.ClH/c1-12-4-6-14(7-5-12)10-22-11-15(9-17(22)23)18-20-16(21-24-18)8-13(2)19-3;/h4-7,13,15,19H,8-11H2,1-3H3;1H. The average molecular weight is 365 g/mol. The van der Waals surface area contributed by atoms with E-state index in [2.05, 4.69) is 53.6 Å². The molecule has 2 heterocycles. The van der Waals surface area contributed by atoms with Crippen molar-refractivity contribution in [2.75, 3.05) is 13.6 Å². The van der Waals surface area contributed by atoms with Gasteiger partial charge in [0.15, 0.2) is 5.82 Å². The van der Waals surface area contributed by atoms with E-state index in [4.69, 9.17) is 4.52 Å². The number of nitrogens with zero attached hydrogens (tertiary/aromatic N) is 3. The van der Waals surface area contributed by atoms with Crippen LogP contribution in [0.25, 0.3) is 0 Å². The molecule has 1 aliphatic rings. The molecule has 2 atom stereocenters. The fourth-order valence-electron chi connectivity index (χ4n) is 2.90. The van der Waals surface area contributed by atoms with Crippen molar-refractivity contribution < 1.29 is 9.32 Å². The van der Waals surface area contributed by atoms with E-state index in [9.17, 15) is 4.79 Å². The van der Waals surface area contributed by atoms with Gasteiger partial charge in [-0.25, -0.2) is 0 Å². The van der Waals surface area contributed by atoms with Crippen LogP contribution in [0.5, 0.6) is 0 Å². The fraction of sp³-hybridized carbons (Fsp3) is 0.500. The van der Waals surface area contributed by atoms with Crippen LogP contribution in [0.1, 0.15) is 42.1 Å². The van der Waals surface area contributed by atoms with E-state index in [-0.39, 0.29) is 24.2 Å². The molecule has 3 rings (SSSR count). The van der Waals surface area contributed by atoms with Crippen LogP contribution >= 0.6 is 12.4 Å². The Bertz CT molecular complexity index is 701. The fourth-order valence-corrected chi connectivity index (χ4v) is 2.90. The normalized spacial score (nSPS) is 18.3. The summed E-state index contributed by atoms with van der Waals surface area (Å²) < 4.78 is 5.39. The maximum absolute atomic E-state index is 12.3. The predicted molar refractivity (Wildman–Crippen MR) is 97.7 cm³/mol. The molecule has 0 saturated carbocycles. The quantitative estimate of drug-likeness (QED) is 0.852. The predicted octanol–water partition coefficient (Wildman–Crippen LogP) is 2.47. The molecule has 136 valence electrons. The van der Waals surface area contributed by atoms with Crippen molar-refractivity contribution in [3.63, 3.8) is 0 Å². The molecule has 2 aromatic rings. The van der Waals surface area contributed by atoms with Gasteiger partial charge in [-0.05, 0) is 26.5 Å². The molecule has 6 nitrogen and oxygen atoms in total. The summed E-state index contributed by atoms with van der Waals surface area (Å²) in [4.78, 5) is 18.6. The molecule has 1 N–H and O–H groups in total. The molecule has 0 spiro atoms. The topological polar surface area (TPSA) is 71.3 Å². The largest absolute Gasteiger partial charge is 0.339 e. The van der Waals surface area contributed by atoms with Crippen molar-refractivity contribution in [1.29, 1.82) is 0 Å². The Morgan fingerprint density at radius 3 is 2.76 bits per heavy atom. The number of hydrogen-bond donors (Lipinski definition) is 1. The van der Waals surface area contributed by atoms with Crippen LogP contribution in [0, 0.1) is 6.92 Å². The van der Waals surface area contributed by atoms with Gasteiger partial charge in [0, 0.05) is 32.0 Å². The zero-order valence-electron chi connectivity index (χ0n) is 14.9. The highest BCUT2D eigenvalue weighted by Gasteiger charge is 2.34. The number of likely N-dealkylation sites (N-methyl/N-ethyl adjacent to an activating group) is 1. The first-order valence-corrected chi connectivity index (χ1v) is 8.38. The summed E-state index contributed by atoms with van der Waals surface area (Å²) in [5, 5.41) is 7.19. The van der Waals surface area contributed by atoms with E-state index in [1.807, 2.05) is 11.9 Å². The number of carbonyl (C=O) groups is 1. The van der Waals surface area contributed by atoms with Gasteiger partial charge in [0.2, 0.25) is 11.8 Å². The van der Waals surface area contributed by atoms with Crippen LogP contribution < -0.4 is 5.32 Å². The molecule has 1 aromatic carbocycles. The lowest BCUT2D eigenvalue weighted by atomic mass is 10.1. The second kappa shape index (κ2) is 8.45. The molecule has 1 aromatic heterocycles. The number of benzene rings is 1. The van der Waals surface area contributed by atoms with Crippen molar-refractivity contribution in [2.45, 2.75) is 45.2 Å². The third-order valence-electron chi connectivity index (χ3n) is 4.52. The summed E-state index contributed by atoms with van der Waals surface area (Å²) in [6.45, 7) is 5.39. The summed E-state index contributed by atoms with van der Waals surface area (Å²) in [7, 11) is 1.91. The first kappa shape index (κ1) is 19.4. The molecular formula is C18H25ClN4O2. The first-order valence-electron chi connectivity index (χ1n) is 8.38. The van der Waals surface area contributed by atoms with E-state index in [1.54, 1.807) is 0 Å². The summed E-state index contributed by atoms with van der Waals surface area (Å²) in [6, 6.07) is 8.57. The molecule has 1 amide bonds. The zero-order chi connectivity index (χ0) is 17.1. The minimum atomic E-state index is -0.00547. The highest BCUT2D eigenvalue weighted by molar-refractivity contribution is 5.85. The van der Waals surface area contributed by atoms with E-state index in [0.29, 0.717) is 43.7 Å². The molecule has 0 radical (unpaired) electrons. The Balaban J connectivity index is 0.00000225. The number of nitrogens with one attached hydrogen (secondary N) is 1.